The van der Waals surface area contributed by atoms with Crippen LogP contribution in [-0.2, 0) is 9.84 Å². The van der Waals surface area contributed by atoms with Gasteiger partial charge >= 0.3 is 0 Å². The van der Waals surface area contributed by atoms with Gasteiger partial charge in [0.25, 0.3) is 0 Å². The van der Waals surface area contributed by atoms with Gasteiger partial charge in [0.15, 0.2) is 9.84 Å². The number of anilines is 1. The fourth-order valence-electron chi connectivity index (χ4n) is 0.934. The number of sulfone groups is 1. The molecule has 1 rings (SSSR count). The Kier molecular flexibility index (Phi) is 3.82. The van der Waals surface area contributed by atoms with Crippen LogP contribution in [0.15, 0.2) is 18.2 Å². The molecule has 0 heterocycles. The molecule has 0 fully saturated rings. The van der Waals surface area contributed by atoms with Crippen LogP contribution in [0.25, 0.3) is 0 Å². The van der Waals surface area contributed by atoms with Gasteiger partial charge < -0.3 is 10.5 Å². The van der Waals surface area contributed by atoms with Gasteiger partial charge in [-0.15, -0.1) is 0 Å². The van der Waals surface area contributed by atoms with Crippen molar-refractivity contribution in [1.82, 2.24) is 0 Å². The van der Waals surface area contributed by atoms with Gasteiger partial charge in [0.05, 0.1) is 10.8 Å². The molecule has 0 aliphatic heterocycles. The van der Waals surface area contributed by atoms with Crippen LogP contribution in [-0.4, -0.2) is 27.0 Å². The minimum absolute atomic E-state index is 0.0435. The standard InChI is InChI=1S/C9H12ClNO3S/c1-15(12,13)5-4-14-9-6-7(11)2-3-8(9)10/h2-3,6H,4-5,11H2,1H3. The fourth-order valence-corrected chi connectivity index (χ4v) is 1.49. The first-order valence-electron chi connectivity index (χ1n) is 4.24. The van der Waals surface area contributed by atoms with Crippen molar-refractivity contribution in [3.8, 4) is 5.75 Å². The summed E-state index contributed by atoms with van der Waals surface area (Å²) in [5.74, 6) is 0.360. The first kappa shape index (κ1) is 12.1. The number of hydrogen-bond acceptors (Lipinski definition) is 4. The number of nitrogen functional groups attached to an aromatic ring is 1. The van der Waals surface area contributed by atoms with Crippen LogP contribution < -0.4 is 10.5 Å². The molecule has 0 unspecified atom stereocenters. The maximum Gasteiger partial charge on any atom is 0.150 e. The number of benzene rings is 1. The van der Waals surface area contributed by atoms with E-state index in [2.05, 4.69) is 0 Å². The van der Waals surface area contributed by atoms with Crippen molar-refractivity contribution < 1.29 is 13.2 Å². The number of hydrogen-bond donors (Lipinski definition) is 1. The molecule has 0 atom stereocenters. The van der Waals surface area contributed by atoms with Crippen molar-refractivity contribution in [2.45, 2.75) is 0 Å². The zero-order chi connectivity index (χ0) is 11.5. The Bertz CT molecular complexity index is 445. The Morgan fingerprint density at radius 3 is 2.73 bits per heavy atom. The van der Waals surface area contributed by atoms with E-state index in [1.165, 1.54) is 0 Å². The molecule has 4 nitrogen and oxygen atoms in total. The number of rotatable bonds is 4. The predicted octanol–water partition coefficient (Wildman–Crippen LogP) is 1.35. The molecule has 0 spiro atoms. The Morgan fingerprint density at radius 2 is 2.13 bits per heavy atom. The molecule has 0 aliphatic carbocycles. The minimum Gasteiger partial charge on any atom is -0.491 e. The molecule has 0 aromatic heterocycles. The molecule has 2 N–H and O–H groups in total. The van der Waals surface area contributed by atoms with Crippen LogP contribution in [0.4, 0.5) is 5.69 Å². The zero-order valence-electron chi connectivity index (χ0n) is 8.23. The zero-order valence-corrected chi connectivity index (χ0v) is 9.81. The summed E-state index contributed by atoms with van der Waals surface area (Å²) in [6.45, 7) is 0.0714. The van der Waals surface area contributed by atoms with Crippen LogP contribution in [0.2, 0.25) is 5.02 Å². The summed E-state index contributed by atoms with van der Waals surface area (Å²) in [5.41, 5.74) is 6.05. The largest absolute Gasteiger partial charge is 0.491 e. The van der Waals surface area contributed by atoms with Gasteiger partial charge in [0, 0.05) is 18.0 Å². The van der Waals surface area contributed by atoms with Crippen molar-refractivity contribution in [2.24, 2.45) is 0 Å². The molecular formula is C9H12ClNO3S. The molecule has 0 amide bonds. The second kappa shape index (κ2) is 4.72. The van der Waals surface area contributed by atoms with E-state index < -0.39 is 9.84 Å². The summed E-state index contributed by atoms with van der Waals surface area (Å²) in [5, 5.41) is 0.415. The second-order valence-corrected chi connectivity index (χ2v) is 5.84. The predicted molar refractivity (Wildman–Crippen MR) is 61.1 cm³/mol. The van der Waals surface area contributed by atoms with Crippen molar-refractivity contribution in [3.05, 3.63) is 23.2 Å². The van der Waals surface area contributed by atoms with E-state index in [0.29, 0.717) is 16.5 Å². The highest BCUT2D eigenvalue weighted by molar-refractivity contribution is 7.90. The van der Waals surface area contributed by atoms with E-state index in [0.717, 1.165) is 6.26 Å². The molecule has 1 aromatic rings. The van der Waals surface area contributed by atoms with Gasteiger partial charge in [0.1, 0.15) is 12.4 Å². The third-order valence-electron chi connectivity index (χ3n) is 1.67. The molecule has 0 aliphatic rings. The summed E-state index contributed by atoms with van der Waals surface area (Å²) in [6, 6.07) is 4.81. The Labute approximate surface area is 93.9 Å². The van der Waals surface area contributed by atoms with E-state index in [1.807, 2.05) is 0 Å². The highest BCUT2D eigenvalue weighted by Gasteiger charge is 2.05. The highest BCUT2D eigenvalue weighted by Crippen LogP contribution is 2.26. The van der Waals surface area contributed by atoms with Crippen LogP contribution in [0.5, 0.6) is 5.75 Å². The van der Waals surface area contributed by atoms with Crippen LogP contribution in [0.3, 0.4) is 0 Å². The van der Waals surface area contributed by atoms with Crippen molar-refractivity contribution in [2.75, 3.05) is 24.3 Å². The highest BCUT2D eigenvalue weighted by atomic mass is 35.5. The van der Waals surface area contributed by atoms with Crippen molar-refractivity contribution in [3.63, 3.8) is 0 Å². The van der Waals surface area contributed by atoms with Crippen LogP contribution >= 0.6 is 11.6 Å². The molecule has 84 valence electrons. The van der Waals surface area contributed by atoms with Gasteiger partial charge in [-0.2, -0.15) is 0 Å². The Hall–Kier alpha value is -0.940. The van der Waals surface area contributed by atoms with Gasteiger partial charge in [-0.1, -0.05) is 11.6 Å². The van der Waals surface area contributed by atoms with Crippen LogP contribution in [0.1, 0.15) is 0 Å². The summed E-state index contributed by atoms with van der Waals surface area (Å²) in [7, 11) is -3.02. The summed E-state index contributed by atoms with van der Waals surface area (Å²) >= 11 is 5.82. The molecule has 1 aromatic carbocycles. The molecule has 6 heteroatoms. The molecule has 0 saturated carbocycles. The minimum atomic E-state index is -3.02. The Morgan fingerprint density at radius 1 is 1.47 bits per heavy atom. The van der Waals surface area contributed by atoms with E-state index >= 15 is 0 Å². The lowest BCUT2D eigenvalue weighted by molar-refractivity contribution is 0.341. The van der Waals surface area contributed by atoms with Crippen molar-refractivity contribution in [1.29, 1.82) is 0 Å². The quantitative estimate of drug-likeness (QED) is 0.818. The smallest absolute Gasteiger partial charge is 0.150 e. The second-order valence-electron chi connectivity index (χ2n) is 3.17. The van der Waals surface area contributed by atoms with Gasteiger partial charge in [0.2, 0.25) is 0 Å². The van der Waals surface area contributed by atoms with Crippen molar-refractivity contribution >= 4 is 27.1 Å². The third-order valence-corrected chi connectivity index (χ3v) is 2.89. The molecule has 15 heavy (non-hydrogen) atoms. The normalized spacial score (nSPS) is 11.3. The monoisotopic (exact) mass is 249 g/mol. The number of halogens is 1. The maximum atomic E-state index is 10.8. The lowest BCUT2D eigenvalue weighted by atomic mass is 10.3. The van der Waals surface area contributed by atoms with E-state index in [9.17, 15) is 8.42 Å². The van der Waals surface area contributed by atoms with E-state index in [-0.39, 0.29) is 12.4 Å². The molecule has 0 radical (unpaired) electrons. The molecule has 0 bridgehead atoms. The number of nitrogens with two attached hydrogens (primary N) is 1. The average molecular weight is 250 g/mol. The third kappa shape index (κ3) is 4.40. The van der Waals surface area contributed by atoms with Crippen LogP contribution in [0, 0.1) is 0 Å². The van der Waals surface area contributed by atoms with E-state index in [1.54, 1.807) is 18.2 Å². The maximum absolute atomic E-state index is 10.8. The number of ether oxygens (including phenoxy) is 1. The first-order chi connectivity index (χ1) is 6.88. The fraction of sp³-hybridized carbons (Fsp3) is 0.333. The van der Waals surface area contributed by atoms with Gasteiger partial charge in [-0.3, -0.25) is 0 Å². The topological polar surface area (TPSA) is 69.4 Å². The molecule has 0 saturated heterocycles. The van der Waals surface area contributed by atoms with E-state index in [4.69, 9.17) is 22.1 Å². The van der Waals surface area contributed by atoms with Gasteiger partial charge in [-0.25, -0.2) is 8.42 Å². The summed E-state index contributed by atoms with van der Waals surface area (Å²) in [4.78, 5) is 0. The average Bonchev–Trinajstić information content (AvgIpc) is 2.09. The lowest BCUT2D eigenvalue weighted by Crippen LogP contribution is -2.12. The lowest BCUT2D eigenvalue weighted by Gasteiger charge is -2.07. The Balaban J connectivity index is 2.61. The first-order valence-corrected chi connectivity index (χ1v) is 6.68. The SMILES string of the molecule is CS(=O)(=O)CCOc1cc(N)ccc1Cl. The summed E-state index contributed by atoms with van der Waals surface area (Å²) in [6.07, 6.45) is 1.15. The summed E-state index contributed by atoms with van der Waals surface area (Å²) < 4.78 is 26.9. The van der Waals surface area contributed by atoms with Gasteiger partial charge in [-0.05, 0) is 12.1 Å². The molecular weight excluding hydrogens is 238 g/mol.